The number of hydrogen-bond donors (Lipinski definition) is 4. The van der Waals surface area contributed by atoms with Gasteiger partial charge in [-0.05, 0) is 19.8 Å². The zero-order chi connectivity index (χ0) is 16.1. The number of rotatable bonds is 6. The van der Waals surface area contributed by atoms with E-state index in [1.54, 1.807) is 13.8 Å². The molecule has 0 fully saturated rings. The van der Waals surface area contributed by atoms with Crippen LogP contribution in [-0.4, -0.2) is 35.0 Å². The number of aliphatic carboxylic acids is 1. The number of hydrogen-bond acceptors (Lipinski definition) is 4. The van der Waals surface area contributed by atoms with Crippen LogP contribution in [0.4, 0.5) is 4.79 Å². The number of carbonyl (C=O) groups is 4. The van der Waals surface area contributed by atoms with Gasteiger partial charge in [-0.2, -0.15) is 0 Å². The van der Waals surface area contributed by atoms with E-state index in [4.69, 9.17) is 10.8 Å². The standard InChI is InChI=1S/C12H21N3O5/c1-6(2)8(9(13)17)15-11(20)14-7(16)5-12(3,4)10(18)19/h6,8H,5H2,1-4H3,(H2,13,17)(H,18,19)(H2,14,15,16,20). The quantitative estimate of drug-likeness (QED) is 0.537. The fraction of sp³-hybridized carbons (Fsp3) is 0.667. The van der Waals surface area contributed by atoms with Gasteiger partial charge in [0, 0.05) is 6.42 Å². The Morgan fingerprint density at radius 2 is 1.70 bits per heavy atom. The Hall–Kier alpha value is -2.12. The van der Waals surface area contributed by atoms with Gasteiger partial charge >= 0.3 is 12.0 Å². The van der Waals surface area contributed by atoms with Crippen LogP contribution in [0, 0.1) is 11.3 Å². The van der Waals surface area contributed by atoms with Crippen LogP contribution in [0.2, 0.25) is 0 Å². The summed E-state index contributed by atoms with van der Waals surface area (Å²) in [4.78, 5) is 45.0. The van der Waals surface area contributed by atoms with E-state index < -0.39 is 35.3 Å². The number of primary amides is 1. The molecule has 8 nitrogen and oxygen atoms in total. The van der Waals surface area contributed by atoms with Gasteiger partial charge in [0.2, 0.25) is 11.8 Å². The fourth-order valence-electron chi connectivity index (χ4n) is 1.39. The van der Waals surface area contributed by atoms with Crippen LogP contribution in [0.15, 0.2) is 0 Å². The summed E-state index contributed by atoms with van der Waals surface area (Å²) in [5, 5.41) is 13.1. The average molecular weight is 287 g/mol. The molecule has 0 aliphatic carbocycles. The normalized spacial score (nSPS) is 12.7. The Morgan fingerprint density at radius 1 is 1.20 bits per heavy atom. The lowest BCUT2D eigenvalue weighted by Crippen LogP contribution is -2.52. The fourth-order valence-corrected chi connectivity index (χ4v) is 1.39. The third-order valence-electron chi connectivity index (χ3n) is 2.69. The highest BCUT2D eigenvalue weighted by Gasteiger charge is 2.31. The third-order valence-corrected chi connectivity index (χ3v) is 2.69. The highest BCUT2D eigenvalue weighted by molar-refractivity contribution is 5.97. The second kappa shape index (κ2) is 6.88. The number of imide groups is 1. The Bertz CT molecular complexity index is 417. The van der Waals surface area contributed by atoms with Crippen molar-refractivity contribution < 1.29 is 24.3 Å². The van der Waals surface area contributed by atoms with Gasteiger partial charge in [0.15, 0.2) is 0 Å². The molecule has 0 saturated heterocycles. The largest absolute Gasteiger partial charge is 0.481 e. The zero-order valence-corrected chi connectivity index (χ0v) is 12.0. The van der Waals surface area contributed by atoms with E-state index in [2.05, 4.69) is 5.32 Å². The second-order valence-electron chi connectivity index (χ2n) is 5.51. The summed E-state index contributed by atoms with van der Waals surface area (Å²) >= 11 is 0. The molecular formula is C12H21N3O5. The van der Waals surface area contributed by atoms with E-state index in [0.29, 0.717) is 0 Å². The molecule has 0 heterocycles. The van der Waals surface area contributed by atoms with Gasteiger partial charge in [-0.15, -0.1) is 0 Å². The van der Waals surface area contributed by atoms with Crippen LogP contribution in [-0.2, 0) is 14.4 Å². The Kier molecular flexibility index (Phi) is 6.15. The predicted octanol–water partition coefficient (Wildman–Crippen LogP) is -0.177. The van der Waals surface area contributed by atoms with Crippen molar-refractivity contribution in [1.82, 2.24) is 10.6 Å². The topological polar surface area (TPSA) is 139 Å². The Labute approximate surface area is 117 Å². The summed E-state index contributed by atoms with van der Waals surface area (Å²) in [6.07, 6.45) is -0.362. The third kappa shape index (κ3) is 5.68. The monoisotopic (exact) mass is 287 g/mol. The van der Waals surface area contributed by atoms with Crippen molar-refractivity contribution in [1.29, 1.82) is 0 Å². The first-order valence-electron chi connectivity index (χ1n) is 6.10. The van der Waals surface area contributed by atoms with E-state index in [0.717, 1.165) is 0 Å². The zero-order valence-electron chi connectivity index (χ0n) is 12.0. The van der Waals surface area contributed by atoms with Crippen molar-refractivity contribution in [3.05, 3.63) is 0 Å². The summed E-state index contributed by atoms with van der Waals surface area (Å²) in [5.41, 5.74) is 3.83. The molecule has 0 aromatic rings. The molecule has 0 aliphatic heterocycles. The predicted molar refractivity (Wildman–Crippen MR) is 70.5 cm³/mol. The lowest BCUT2D eigenvalue weighted by Gasteiger charge is -2.20. The number of carbonyl (C=O) groups excluding carboxylic acids is 3. The van der Waals surface area contributed by atoms with E-state index in [9.17, 15) is 19.2 Å². The lowest BCUT2D eigenvalue weighted by atomic mass is 9.89. The smallest absolute Gasteiger partial charge is 0.322 e. The Morgan fingerprint density at radius 3 is 2.05 bits per heavy atom. The minimum atomic E-state index is -1.29. The number of nitrogens with two attached hydrogens (primary N) is 1. The molecule has 0 spiro atoms. The van der Waals surface area contributed by atoms with E-state index in [-0.39, 0.29) is 12.3 Å². The van der Waals surface area contributed by atoms with Crippen LogP contribution in [0.1, 0.15) is 34.1 Å². The molecule has 0 radical (unpaired) electrons. The lowest BCUT2D eigenvalue weighted by molar-refractivity contribution is -0.149. The number of urea groups is 1. The second-order valence-corrected chi connectivity index (χ2v) is 5.51. The molecule has 5 N–H and O–H groups in total. The van der Waals surface area contributed by atoms with Crippen molar-refractivity contribution in [2.45, 2.75) is 40.2 Å². The maximum atomic E-state index is 11.5. The van der Waals surface area contributed by atoms with Gasteiger partial charge < -0.3 is 16.2 Å². The number of nitrogens with one attached hydrogen (secondary N) is 2. The van der Waals surface area contributed by atoms with Crippen LogP contribution >= 0.6 is 0 Å². The first-order chi connectivity index (χ1) is 8.97. The van der Waals surface area contributed by atoms with Gasteiger partial charge in [0.25, 0.3) is 0 Å². The van der Waals surface area contributed by atoms with Crippen molar-refractivity contribution in [2.75, 3.05) is 0 Å². The average Bonchev–Trinajstić information content (AvgIpc) is 2.23. The highest BCUT2D eigenvalue weighted by atomic mass is 16.4. The molecule has 4 amide bonds. The molecule has 20 heavy (non-hydrogen) atoms. The van der Waals surface area contributed by atoms with Crippen LogP contribution in [0.5, 0.6) is 0 Å². The van der Waals surface area contributed by atoms with Crippen molar-refractivity contribution in [3.8, 4) is 0 Å². The molecule has 0 rings (SSSR count). The van der Waals surface area contributed by atoms with Gasteiger partial charge in [-0.1, -0.05) is 13.8 Å². The van der Waals surface area contributed by atoms with Crippen molar-refractivity contribution in [2.24, 2.45) is 17.1 Å². The minimum absolute atomic E-state index is 0.233. The molecule has 0 aromatic heterocycles. The molecule has 0 bridgehead atoms. The van der Waals surface area contributed by atoms with Crippen LogP contribution < -0.4 is 16.4 Å². The molecule has 0 saturated carbocycles. The van der Waals surface area contributed by atoms with Gasteiger partial charge in [0.1, 0.15) is 6.04 Å². The van der Waals surface area contributed by atoms with Gasteiger partial charge in [-0.25, -0.2) is 4.79 Å². The first kappa shape index (κ1) is 17.9. The van der Waals surface area contributed by atoms with E-state index in [1.165, 1.54) is 13.8 Å². The molecule has 0 aromatic carbocycles. The van der Waals surface area contributed by atoms with Crippen LogP contribution in [0.3, 0.4) is 0 Å². The Balaban J connectivity index is 4.51. The number of carboxylic acid groups (broad SMARTS) is 1. The summed E-state index contributed by atoms with van der Waals surface area (Å²) in [7, 11) is 0. The molecule has 8 heteroatoms. The summed E-state index contributed by atoms with van der Waals surface area (Å²) in [6, 6.07) is -1.79. The maximum absolute atomic E-state index is 11.5. The minimum Gasteiger partial charge on any atom is -0.481 e. The van der Waals surface area contributed by atoms with Gasteiger partial charge in [0.05, 0.1) is 5.41 Å². The van der Waals surface area contributed by atoms with Crippen molar-refractivity contribution in [3.63, 3.8) is 0 Å². The van der Waals surface area contributed by atoms with Crippen LogP contribution in [0.25, 0.3) is 0 Å². The SMILES string of the molecule is CC(C)C(NC(=O)NC(=O)CC(C)(C)C(=O)O)C(N)=O. The van der Waals surface area contributed by atoms with Crippen molar-refractivity contribution >= 4 is 23.8 Å². The molecule has 114 valence electrons. The number of carboxylic acids is 1. The first-order valence-corrected chi connectivity index (χ1v) is 6.10. The molecular weight excluding hydrogens is 266 g/mol. The summed E-state index contributed by atoms with van der Waals surface area (Å²) in [5.74, 6) is -2.84. The molecule has 1 atom stereocenters. The number of amides is 4. The van der Waals surface area contributed by atoms with Gasteiger partial charge in [-0.3, -0.25) is 19.7 Å². The summed E-state index contributed by atoms with van der Waals surface area (Å²) < 4.78 is 0. The van der Waals surface area contributed by atoms with E-state index >= 15 is 0 Å². The maximum Gasteiger partial charge on any atom is 0.322 e. The summed E-state index contributed by atoms with van der Waals surface area (Å²) in [6.45, 7) is 6.11. The highest BCUT2D eigenvalue weighted by Crippen LogP contribution is 2.19. The molecule has 1 unspecified atom stereocenters. The van der Waals surface area contributed by atoms with E-state index in [1.807, 2.05) is 5.32 Å². The molecule has 0 aliphatic rings.